The van der Waals surface area contributed by atoms with E-state index in [1.54, 1.807) is 0 Å². The van der Waals surface area contributed by atoms with Crippen LogP contribution in [0.2, 0.25) is 0 Å². The summed E-state index contributed by atoms with van der Waals surface area (Å²) in [6, 6.07) is 3.36. The molecule has 1 nitrogen and oxygen atoms in total. The van der Waals surface area contributed by atoms with E-state index in [0.717, 1.165) is 12.1 Å². The van der Waals surface area contributed by atoms with Crippen molar-refractivity contribution in [2.45, 2.75) is 18.8 Å². The maximum absolute atomic E-state index is 13.1. The van der Waals surface area contributed by atoms with E-state index in [4.69, 9.17) is 0 Å². The number of hydrogen-bond acceptors (Lipinski definition) is 1. The molecular weight excluding hydrogens is 174 g/mol. The van der Waals surface area contributed by atoms with E-state index in [2.05, 4.69) is 0 Å². The van der Waals surface area contributed by atoms with E-state index < -0.39 is 11.6 Å². The SMILES string of the molecule is O=C1CC(c2cc(F)ccc2F)C1. The Balaban J connectivity index is 2.29. The molecule has 2 rings (SSSR count). The number of halogens is 2. The lowest BCUT2D eigenvalue weighted by Gasteiger charge is -2.24. The molecule has 0 aliphatic heterocycles. The molecule has 0 bridgehead atoms. The molecular formula is C10H8F2O. The summed E-state index contributed by atoms with van der Waals surface area (Å²) in [6.07, 6.45) is 0.695. The van der Waals surface area contributed by atoms with Crippen molar-refractivity contribution in [2.75, 3.05) is 0 Å². The second-order valence-electron chi connectivity index (χ2n) is 3.31. The molecule has 1 aromatic rings. The van der Waals surface area contributed by atoms with Gasteiger partial charge in [0, 0.05) is 18.8 Å². The number of carbonyl (C=O) groups is 1. The molecule has 0 radical (unpaired) electrons. The van der Waals surface area contributed by atoms with Crippen LogP contribution in [0.4, 0.5) is 8.78 Å². The molecule has 1 aromatic carbocycles. The molecule has 1 aliphatic carbocycles. The van der Waals surface area contributed by atoms with Crippen LogP contribution < -0.4 is 0 Å². The highest BCUT2D eigenvalue weighted by Crippen LogP contribution is 2.35. The minimum atomic E-state index is -0.448. The zero-order valence-electron chi connectivity index (χ0n) is 6.89. The minimum Gasteiger partial charge on any atom is -0.300 e. The fraction of sp³-hybridized carbons (Fsp3) is 0.300. The van der Waals surface area contributed by atoms with Gasteiger partial charge in [-0.25, -0.2) is 8.78 Å². The summed E-state index contributed by atoms with van der Waals surface area (Å²) in [4.78, 5) is 10.7. The first-order valence-electron chi connectivity index (χ1n) is 4.13. The van der Waals surface area contributed by atoms with Gasteiger partial charge >= 0.3 is 0 Å². The lowest BCUT2D eigenvalue weighted by molar-refractivity contribution is -0.124. The Morgan fingerprint density at radius 1 is 1.23 bits per heavy atom. The Kier molecular flexibility index (Phi) is 1.87. The fourth-order valence-electron chi connectivity index (χ4n) is 1.54. The third-order valence-corrected chi connectivity index (χ3v) is 2.35. The molecule has 0 atom stereocenters. The highest BCUT2D eigenvalue weighted by atomic mass is 19.1. The van der Waals surface area contributed by atoms with Crippen LogP contribution in [-0.4, -0.2) is 5.78 Å². The quantitative estimate of drug-likeness (QED) is 0.651. The van der Waals surface area contributed by atoms with Crippen molar-refractivity contribution < 1.29 is 13.6 Å². The van der Waals surface area contributed by atoms with Gasteiger partial charge in [-0.2, -0.15) is 0 Å². The Hall–Kier alpha value is -1.25. The molecule has 0 N–H and O–H groups in total. The highest BCUT2D eigenvalue weighted by Gasteiger charge is 2.30. The van der Waals surface area contributed by atoms with Crippen LogP contribution in [0.1, 0.15) is 24.3 Å². The van der Waals surface area contributed by atoms with Gasteiger partial charge in [0.2, 0.25) is 0 Å². The maximum atomic E-state index is 13.1. The molecule has 0 spiro atoms. The van der Waals surface area contributed by atoms with Crippen LogP contribution in [0.5, 0.6) is 0 Å². The maximum Gasteiger partial charge on any atom is 0.134 e. The van der Waals surface area contributed by atoms with E-state index in [1.807, 2.05) is 0 Å². The molecule has 0 aromatic heterocycles. The van der Waals surface area contributed by atoms with E-state index in [-0.39, 0.29) is 11.7 Å². The number of benzene rings is 1. The number of hydrogen-bond donors (Lipinski definition) is 0. The van der Waals surface area contributed by atoms with E-state index >= 15 is 0 Å². The summed E-state index contributed by atoms with van der Waals surface area (Å²) < 4.78 is 25.8. The minimum absolute atomic E-state index is 0.108. The van der Waals surface area contributed by atoms with Crippen molar-refractivity contribution in [3.8, 4) is 0 Å². The van der Waals surface area contributed by atoms with Crippen LogP contribution in [0.15, 0.2) is 18.2 Å². The summed E-state index contributed by atoms with van der Waals surface area (Å²) in [5.74, 6) is -0.855. The molecule has 1 fully saturated rings. The number of ketones is 1. The molecule has 68 valence electrons. The summed E-state index contributed by atoms with van der Waals surface area (Å²) >= 11 is 0. The first kappa shape index (κ1) is 8.35. The van der Waals surface area contributed by atoms with Crippen molar-refractivity contribution in [1.29, 1.82) is 0 Å². The lowest BCUT2D eigenvalue weighted by Crippen LogP contribution is -2.22. The topological polar surface area (TPSA) is 17.1 Å². The van der Waals surface area contributed by atoms with Crippen LogP contribution in [-0.2, 0) is 4.79 Å². The molecule has 3 heteroatoms. The third-order valence-electron chi connectivity index (χ3n) is 2.35. The van der Waals surface area contributed by atoms with Crippen LogP contribution in [0.25, 0.3) is 0 Å². The van der Waals surface area contributed by atoms with Crippen LogP contribution in [0, 0.1) is 11.6 Å². The average Bonchev–Trinajstić information content (AvgIpc) is 2.04. The molecule has 13 heavy (non-hydrogen) atoms. The van der Waals surface area contributed by atoms with Crippen molar-refractivity contribution >= 4 is 5.78 Å². The number of carbonyl (C=O) groups excluding carboxylic acids is 1. The monoisotopic (exact) mass is 182 g/mol. The average molecular weight is 182 g/mol. The zero-order valence-corrected chi connectivity index (χ0v) is 6.89. The van der Waals surface area contributed by atoms with Gasteiger partial charge in [0.15, 0.2) is 0 Å². The van der Waals surface area contributed by atoms with Crippen molar-refractivity contribution in [1.82, 2.24) is 0 Å². The molecule has 0 heterocycles. The van der Waals surface area contributed by atoms with Crippen molar-refractivity contribution in [3.05, 3.63) is 35.4 Å². The van der Waals surface area contributed by atoms with Gasteiger partial charge < -0.3 is 0 Å². The Morgan fingerprint density at radius 3 is 2.54 bits per heavy atom. The second kappa shape index (κ2) is 2.91. The predicted molar refractivity (Wildman–Crippen MR) is 43.3 cm³/mol. The molecule has 0 amide bonds. The molecule has 1 aliphatic rings. The van der Waals surface area contributed by atoms with E-state index in [0.29, 0.717) is 18.4 Å². The van der Waals surface area contributed by atoms with Crippen LogP contribution in [0.3, 0.4) is 0 Å². The van der Waals surface area contributed by atoms with Crippen molar-refractivity contribution in [3.63, 3.8) is 0 Å². The summed E-state index contributed by atoms with van der Waals surface area (Å²) in [6.45, 7) is 0. The number of rotatable bonds is 1. The lowest BCUT2D eigenvalue weighted by atomic mass is 9.79. The first-order valence-corrected chi connectivity index (χ1v) is 4.13. The summed E-state index contributed by atoms with van der Waals surface area (Å²) in [7, 11) is 0. The van der Waals surface area contributed by atoms with Gasteiger partial charge in [0.25, 0.3) is 0 Å². The molecule has 0 saturated heterocycles. The number of Topliss-reactive ketones (excluding diaryl/α,β-unsaturated/α-hetero) is 1. The van der Waals surface area contributed by atoms with Gasteiger partial charge in [-0.3, -0.25) is 4.79 Å². The molecule has 0 unspecified atom stereocenters. The summed E-state index contributed by atoms with van der Waals surface area (Å²) in [5, 5.41) is 0. The largest absolute Gasteiger partial charge is 0.300 e. The Bertz CT molecular complexity index is 352. The normalized spacial score (nSPS) is 17.2. The first-order chi connectivity index (χ1) is 6.16. The third kappa shape index (κ3) is 1.46. The summed E-state index contributed by atoms with van der Waals surface area (Å²) in [5.41, 5.74) is 0.333. The highest BCUT2D eigenvalue weighted by molar-refractivity contribution is 5.86. The van der Waals surface area contributed by atoms with Crippen LogP contribution >= 0.6 is 0 Å². The van der Waals surface area contributed by atoms with E-state index in [9.17, 15) is 13.6 Å². The molecule has 1 saturated carbocycles. The second-order valence-corrected chi connectivity index (χ2v) is 3.31. The van der Waals surface area contributed by atoms with Gasteiger partial charge in [0.1, 0.15) is 17.4 Å². The van der Waals surface area contributed by atoms with Gasteiger partial charge in [0.05, 0.1) is 0 Å². The zero-order chi connectivity index (χ0) is 9.42. The van der Waals surface area contributed by atoms with Gasteiger partial charge in [-0.15, -0.1) is 0 Å². The fourth-order valence-corrected chi connectivity index (χ4v) is 1.54. The standard InChI is InChI=1S/C10H8F2O/c11-7-1-2-10(12)9(5-7)6-3-8(13)4-6/h1-2,5-6H,3-4H2. The van der Waals surface area contributed by atoms with Gasteiger partial charge in [-0.1, -0.05) is 0 Å². The smallest absolute Gasteiger partial charge is 0.134 e. The van der Waals surface area contributed by atoms with E-state index in [1.165, 1.54) is 6.07 Å². The Morgan fingerprint density at radius 2 is 1.92 bits per heavy atom. The van der Waals surface area contributed by atoms with Gasteiger partial charge in [-0.05, 0) is 23.8 Å². The van der Waals surface area contributed by atoms with Crippen molar-refractivity contribution in [2.24, 2.45) is 0 Å². The Labute approximate surface area is 74.4 Å². The predicted octanol–water partition coefficient (Wildman–Crippen LogP) is 2.41.